The van der Waals surface area contributed by atoms with Crippen LogP contribution in [0.25, 0.3) is 0 Å². The first-order valence-electron chi connectivity index (χ1n) is 10.00. The summed E-state index contributed by atoms with van der Waals surface area (Å²) in [4.78, 5) is 14.3. The zero-order valence-corrected chi connectivity index (χ0v) is 17.6. The van der Waals surface area contributed by atoms with E-state index in [4.69, 9.17) is 4.74 Å². The normalized spacial score (nSPS) is 14.6. The van der Waals surface area contributed by atoms with Crippen molar-refractivity contribution in [2.24, 2.45) is 0 Å². The van der Waals surface area contributed by atoms with Gasteiger partial charge in [0.25, 0.3) is 5.91 Å². The smallest absolute Gasteiger partial charge is 0.260 e. The molecule has 0 aromatic heterocycles. The van der Waals surface area contributed by atoms with Crippen LogP contribution < -0.4 is 9.46 Å². The van der Waals surface area contributed by atoms with Crippen molar-refractivity contribution in [2.75, 3.05) is 26.2 Å². The molecule has 1 aliphatic heterocycles. The first kappa shape index (κ1) is 21.3. The van der Waals surface area contributed by atoms with Crippen molar-refractivity contribution in [3.8, 4) is 5.75 Å². The van der Waals surface area contributed by atoms with Gasteiger partial charge in [0.2, 0.25) is 10.0 Å². The van der Waals surface area contributed by atoms with Gasteiger partial charge in [-0.1, -0.05) is 29.8 Å². The summed E-state index contributed by atoms with van der Waals surface area (Å²) in [6, 6.07) is 14.2. The van der Waals surface area contributed by atoms with Crippen LogP contribution in [-0.4, -0.2) is 45.5 Å². The number of benzene rings is 2. The van der Waals surface area contributed by atoms with Gasteiger partial charge in [0.15, 0.2) is 6.61 Å². The SMILES string of the molecule is Cc1ccc(S(=O)(=O)NCCc2cccc(OCC(=O)N3CCCCC3)c2)cc1. The Hall–Kier alpha value is -2.38. The summed E-state index contributed by atoms with van der Waals surface area (Å²) in [5, 5.41) is 0. The fourth-order valence-electron chi connectivity index (χ4n) is 3.30. The maximum atomic E-state index is 12.4. The summed E-state index contributed by atoms with van der Waals surface area (Å²) >= 11 is 0. The van der Waals surface area contributed by atoms with Crippen LogP contribution in [-0.2, 0) is 21.2 Å². The third-order valence-corrected chi connectivity index (χ3v) is 6.48. The minimum atomic E-state index is -3.52. The quantitative estimate of drug-likeness (QED) is 0.718. The molecule has 0 saturated carbocycles. The number of ether oxygens (including phenoxy) is 1. The Kier molecular flexibility index (Phi) is 7.28. The van der Waals surface area contributed by atoms with Gasteiger partial charge in [0.05, 0.1) is 4.90 Å². The van der Waals surface area contributed by atoms with Crippen LogP contribution in [0, 0.1) is 6.92 Å². The molecule has 156 valence electrons. The second-order valence-corrected chi connectivity index (χ2v) is 9.11. The van der Waals surface area contributed by atoms with Crippen molar-refractivity contribution in [1.82, 2.24) is 9.62 Å². The summed E-state index contributed by atoms with van der Waals surface area (Å²) in [5.41, 5.74) is 1.96. The molecule has 2 aromatic carbocycles. The number of carbonyl (C=O) groups excluding carboxylic acids is 1. The predicted octanol–water partition coefficient (Wildman–Crippen LogP) is 2.91. The second-order valence-electron chi connectivity index (χ2n) is 7.34. The van der Waals surface area contributed by atoms with Crippen LogP contribution in [0.15, 0.2) is 53.4 Å². The average molecular weight is 417 g/mol. The minimum Gasteiger partial charge on any atom is -0.484 e. The molecule has 1 saturated heterocycles. The molecule has 0 unspecified atom stereocenters. The molecule has 6 nitrogen and oxygen atoms in total. The van der Waals surface area contributed by atoms with Gasteiger partial charge in [-0.15, -0.1) is 0 Å². The van der Waals surface area contributed by atoms with E-state index in [0.29, 0.717) is 12.2 Å². The molecule has 1 amide bonds. The number of likely N-dealkylation sites (tertiary alicyclic amines) is 1. The zero-order valence-electron chi connectivity index (χ0n) is 16.8. The largest absolute Gasteiger partial charge is 0.484 e. The first-order valence-corrected chi connectivity index (χ1v) is 11.5. The summed E-state index contributed by atoms with van der Waals surface area (Å²) < 4.78 is 33.0. The molecule has 29 heavy (non-hydrogen) atoms. The lowest BCUT2D eigenvalue weighted by molar-refractivity contribution is -0.134. The molecule has 0 bridgehead atoms. The van der Waals surface area contributed by atoms with Crippen LogP contribution in [0.3, 0.4) is 0 Å². The number of aryl methyl sites for hydroxylation is 1. The van der Waals surface area contributed by atoms with Crippen molar-refractivity contribution in [2.45, 2.75) is 37.5 Å². The van der Waals surface area contributed by atoms with Gasteiger partial charge >= 0.3 is 0 Å². The molecular weight excluding hydrogens is 388 g/mol. The van der Waals surface area contributed by atoms with Crippen molar-refractivity contribution in [3.63, 3.8) is 0 Å². The Labute approximate surface area is 172 Å². The summed E-state index contributed by atoms with van der Waals surface area (Å²) in [6.45, 7) is 3.85. The fourth-order valence-corrected chi connectivity index (χ4v) is 4.33. The number of rotatable bonds is 8. The monoisotopic (exact) mass is 416 g/mol. The Morgan fingerprint density at radius 1 is 1.07 bits per heavy atom. The highest BCUT2D eigenvalue weighted by molar-refractivity contribution is 7.89. The van der Waals surface area contributed by atoms with Crippen molar-refractivity contribution in [1.29, 1.82) is 0 Å². The second kappa shape index (κ2) is 9.89. The Morgan fingerprint density at radius 3 is 2.52 bits per heavy atom. The molecule has 3 rings (SSSR count). The third-order valence-electron chi connectivity index (χ3n) is 5.01. The van der Waals surface area contributed by atoms with Crippen LogP contribution >= 0.6 is 0 Å². The van der Waals surface area contributed by atoms with E-state index < -0.39 is 10.0 Å². The predicted molar refractivity (Wildman–Crippen MR) is 112 cm³/mol. The highest BCUT2D eigenvalue weighted by Gasteiger charge is 2.17. The van der Waals surface area contributed by atoms with Crippen molar-refractivity contribution in [3.05, 3.63) is 59.7 Å². The van der Waals surface area contributed by atoms with E-state index in [2.05, 4.69) is 4.72 Å². The number of piperidine rings is 1. The van der Waals surface area contributed by atoms with E-state index in [0.717, 1.165) is 37.1 Å². The number of amides is 1. The Morgan fingerprint density at radius 2 is 1.79 bits per heavy atom. The molecule has 1 fully saturated rings. The maximum Gasteiger partial charge on any atom is 0.260 e. The molecule has 0 atom stereocenters. The number of nitrogens with zero attached hydrogens (tertiary/aromatic N) is 1. The Balaban J connectivity index is 1.49. The highest BCUT2D eigenvalue weighted by Crippen LogP contribution is 2.15. The van der Waals surface area contributed by atoms with Crippen LogP contribution in [0.5, 0.6) is 5.75 Å². The Bertz CT molecular complexity index is 920. The van der Waals surface area contributed by atoms with E-state index >= 15 is 0 Å². The fraction of sp³-hybridized carbons (Fsp3) is 0.409. The number of hydrogen-bond donors (Lipinski definition) is 1. The van der Waals surface area contributed by atoms with Crippen molar-refractivity contribution >= 4 is 15.9 Å². The molecule has 7 heteroatoms. The molecule has 1 N–H and O–H groups in total. The van der Waals surface area contributed by atoms with Gasteiger partial charge in [0.1, 0.15) is 5.75 Å². The van der Waals surface area contributed by atoms with Gasteiger partial charge < -0.3 is 9.64 Å². The summed E-state index contributed by atoms with van der Waals surface area (Å²) in [5.74, 6) is 0.634. The first-order chi connectivity index (χ1) is 13.9. The zero-order chi connectivity index (χ0) is 20.7. The van der Waals surface area contributed by atoms with E-state index in [9.17, 15) is 13.2 Å². The number of carbonyl (C=O) groups is 1. The number of hydrogen-bond acceptors (Lipinski definition) is 4. The van der Waals surface area contributed by atoms with Crippen LogP contribution in [0.4, 0.5) is 0 Å². The molecule has 0 spiro atoms. The lowest BCUT2D eigenvalue weighted by Gasteiger charge is -2.26. The van der Waals surface area contributed by atoms with Crippen LogP contribution in [0.2, 0.25) is 0 Å². The summed E-state index contributed by atoms with van der Waals surface area (Å²) in [6.07, 6.45) is 3.82. The van der Waals surface area contributed by atoms with Crippen molar-refractivity contribution < 1.29 is 17.9 Å². The van der Waals surface area contributed by atoms with Gasteiger partial charge in [0, 0.05) is 19.6 Å². The lowest BCUT2D eigenvalue weighted by Crippen LogP contribution is -2.38. The standard InChI is InChI=1S/C22H28N2O4S/c1-18-8-10-21(11-9-18)29(26,27)23-13-12-19-6-5-7-20(16-19)28-17-22(25)24-14-3-2-4-15-24/h5-11,16,23H,2-4,12-15,17H2,1H3. The van der Waals surface area contributed by atoms with E-state index in [1.54, 1.807) is 24.3 Å². The number of sulfonamides is 1. The summed E-state index contributed by atoms with van der Waals surface area (Å²) in [7, 11) is -3.52. The van der Waals surface area contributed by atoms with Gasteiger partial charge in [-0.3, -0.25) is 4.79 Å². The minimum absolute atomic E-state index is 0.0148. The van der Waals surface area contributed by atoms with E-state index in [1.807, 2.05) is 36.1 Å². The highest BCUT2D eigenvalue weighted by atomic mass is 32.2. The van der Waals surface area contributed by atoms with Crippen LogP contribution in [0.1, 0.15) is 30.4 Å². The molecule has 1 aliphatic rings. The van der Waals surface area contributed by atoms with E-state index in [-0.39, 0.29) is 24.0 Å². The average Bonchev–Trinajstić information content (AvgIpc) is 2.73. The van der Waals surface area contributed by atoms with Gasteiger partial charge in [-0.25, -0.2) is 13.1 Å². The van der Waals surface area contributed by atoms with Gasteiger partial charge in [-0.05, 0) is 62.4 Å². The van der Waals surface area contributed by atoms with E-state index in [1.165, 1.54) is 6.42 Å². The lowest BCUT2D eigenvalue weighted by atomic mass is 10.1. The maximum absolute atomic E-state index is 12.4. The molecular formula is C22H28N2O4S. The molecule has 2 aromatic rings. The molecule has 0 aliphatic carbocycles. The molecule has 1 heterocycles. The topological polar surface area (TPSA) is 75.7 Å². The number of nitrogens with one attached hydrogen (secondary N) is 1. The third kappa shape index (κ3) is 6.30. The van der Waals surface area contributed by atoms with Gasteiger partial charge in [-0.2, -0.15) is 0 Å². The molecule has 0 radical (unpaired) electrons.